The summed E-state index contributed by atoms with van der Waals surface area (Å²) in [7, 11) is 0. The van der Waals surface area contributed by atoms with Gasteiger partial charge in [0.15, 0.2) is 0 Å². The number of hydrogen-bond acceptors (Lipinski definition) is 4. The Morgan fingerprint density at radius 2 is 1.86 bits per heavy atom. The van der Waals surface area contributed by atoms with Gasteiger partial charge in [0.1, 0.15) is 11.9 Å². The summed E-state index contributed by atoms with van der Waals surface area (Å²) >= 11 is 3.19. The lowest BCUT2D eigenvalue weighted by Crippen LogP contribution is -2.54. The zero-order valence-electron chi connectivity index (χ0n) is 11.2. The van der Waals surface area contributed by atoms with Gasteiger partial charge in [0.2, 0.25) is 11.8 Å². The molecule has 1 fully saturated rings. The number of carbonyl (C=O) groups excluding carboxylic acids is 4. The molecule has 3 rings (SSSR count). The predicted molar refractivity (Wildman–Crippen MR) is 75.7 cm³/mol. The Bertz CT molecular complexity index is 734. The number of fused-ring (bicyclic) bond motifs is 1. The molecule has 2 aliphatic heterocycles. The number of carbonyl (C=O) groups is 4. The van der Waals surface area contributed by atoms with Gasteiger partial charge < -0.3 is 0 Å². The topological polar surface area (TPSA) is 83.6 Å². The van der Waals surface area contributed by atoms with Crippen molar-refractivity contribution in [3.05, 3.63) is 34.6 Å². The number of amides is 4. The van der Waals surface area contributed by atoms with E-state index in [1.54, 1.807) is 0 Å². The molecule has 1 atom stereocenters. The molecular weight excluding hydrogens is 359 g/mol. The van der Waals surface area contributed by atoms with Crippen LogP contribution < -0.4 is 5.32 Å². The number of nitrogens with one attached hydrogen (secondary N) is 1. The van der Waals surface area contributed by atoms with Crippen LogP contribution in [0.2, 0.25) is 0 Å². The van der Waals surface area contributed by atoms with Gasteiger partial charge in [0, 0.05) is 11.8 Å². The molecular formula is C14H10BrFN2O4. The van der Waals surface area contributed by atoms with Gasteiger partial charge in [-0.2, -0.15) is 0 Å². The number of benzene rings is 1. The van der Waals surface area contributed by atoms with Crippen LogP contribution in [0.25, 0.3) is 0 Å². The number of nitrogens with zero attached hydrogens (tertiary/aromatic N) is 1. The fourth-order valence-electron chi connectivity index (χ4n) is 2.73. The lowest BCUT2D eigenvalue weighted by atomic mass is 10.0. The Morgan fingerprint density at radius 1 is 1.18 bits per heavy atom. The smallest absolute Gasteiger partial charge is 0.265 e. The summed E-state index contributed by atoms with van der Waals surface area (Å²) in [4.78, 5) is 48.8. The first-order chi connectivity index (χ1) is 10.5. The minimum absolute atomic E-state index is 0.0217. The normalized spacial score (nSPS) is 21.2. The number of imide groups is 2. The molecule has 0 saturated carbocycles. The van der Waals surface area contributed by atoms with Crippen LogP contribution >= 0.6 is 15.9 Å². The van der Waals surface area contributed by atoms with E-state index >= 15 is 0 Å². The van der Waals surface area contributed by atoms with Gasteiger partial charge in [0.05, 0.1) is 11.1 Å². The summed E-state index contributed by atoms with van der Waals surface area (Å²) in [6, 6.07) is 1.45. The molecule has 1 N–H and O–H groups in total. The maximum absolute atomic E-state index is 14.0. The molecule has 114 valence electrons. The second-order valence-electron chi connectivity index (χ2n) is 5.04. The summed E-state index contributed by atoms with van der Waals surface area (Å²) in [5.41, 5.74) is 0.141. The van der Waals surface area contributed by atoms with Crippen molar-refractivity contribution < 1.29 is 23.6 Å². The number of piperidine rings is 1. The molecule has 1 aromatic carbocycles. The molecule has 4 amide bonds. The standard InChI is InChI=1S/C14H10BrFN2O4/c15-5-6-1-2-7(16)11-10(6)13(21)18(14(11)22)8-3-4-9(19)17-12(8)20/h1-2,8H,3-5H2,(H,17,19,20). The van der Waals surface area contributed by atoms with Crippen LogP contribution in [-0.2, 0) is 14.9 Å². The van der Waals surface area contributed by atoms with Crippen LogP contribution in [0.3, 0.4) is 0 Å². The zero-order valence-corrected chi connectivity index (χ0v) is 12.8. The minimum Gasteiger partial charge on any atom is -0.295 e. The van der Waals surface area contributed by atoms with Crippen LogP contribution in [0, 0.1) is 5.82 Å². The number of rotatable bonds is 2. The van der Waals surface area contributed by atoms with Crippen molar-refractivity contribution in [1.29, 1.82) is 0 Å². The Morgan fingerprint density at radius 3 is 2.50 bits per heavy atom. The lowest BCUT2D eigenvalue weighted by molar-refractivity contribution is -0.136. The van der Waals surface area contributed by atoms with Gasteiger partial charge in [-0.3, -0.25) is 29.4 Å². The highest BCUT2D eigenvalue weighted by Crippen LogP contribution is 2.32. The van der Waals surface area contributed by atoms with E-state index in [0.717, 1.165) is 11.0 Å². The first-order valence-corrected chi connectivity index (χ1v) is 7.66. The van der Waals surface area contributed by atoms with Crippen LogP contribution in [-0.4, -0.2) is 34.6 Å². The molecule has 1 saturated heterocycles. The molecule has 0 radical (unpaired) electrons. The molecule has 0 spiro atoms. The van der Waals surface area contributed by atoms with Crippen LogP contribution in [0.15, 0.2) is 12.1 Å². The largest absolute Gasteiger partial charge is 0.295 e. The van der Waals surface area contributed by atoms with E-state index in [2.05, 4.69) is 21.2 Å². The van der Waals surface area contributed by atoms with Crippen molar-refractivity contribution in [3.63, 3.8) is 0 Å². The Labute approximate surface area is 132 Å². The molecule has 2 heterocycles. The molecule has 2 aliphatic rings. The highest BCUT2D eigenvalue weighted by Gasteiger charge is 2.46. The van der Waals surface area contributed by atoms with Crippen molar-refractivity contribution in [2.24, 2.45) is 0 Å². The van der Waals surface area contributed by atoms with E-state index in [-0.39, 0.29) is 29.3 Å². The molecule has 8 heteroatoms. The summed E-state index contributed by atoms with van der Waals surface area (Å²) in [6.07, 6.45) is 0.0684. The van der Waals surface area contributed by atoms with E-state index < -0.39 is 35.5 Å². The lowest BCUT2D eigenvalue weighted by Gasteiger charge is -2.27. The number of alkyl halides is 1. The van der Waals surface area contributed by atoms with Crippen molar-refractivity contribution >= 4 is 39.6 Å². The second-order valence-corrected chi connectivity index (χ2v) is 5.60. The average molecular weight is 369 g/mol. The van der Waals surface area contributed by atoms with Gasteiger partial charge in [-0.15, -0.1) is 0 Å². The van der Waals surface area contributed by atoms with Crippen LogP contribution in [0.4, 0.5) is 4.39 Å². The molecule has 22 heavy (non-hydrogen) atoms. The number of halogens is 2. The Kier molecular flexibility index (Phi) is 3.56. The van der Waals surface area contributed by atoms with Gasteiger partial charge >= 0.3 is 0 Å². The van der Waals surface area contributed by atoms with E-state index in [0.29, 0.717) is 5.56 Å². The average Bonchev–Trinajstić information content (AvgIpc) is 2.73. The summed E-state index contributed by atoms with van der Waals surface area (Å²) in [6.45, 7) is 0. The van der Waals surface area contributed by atoms with Gasteiger partial charge in [-0.25, -0.2) is 4.39 Å². The first-order valence-electron chi connectivity index (χ1n) is 6.54. The summed E-state index contributed by atoms with van der Waals surface area (Å²) < 4.78 is 14.0. The van der Waals surface area contributed by atoms with Gasteiger partial charge in [-0.05, 0) is 18.1 Å². The first kappa shape index (κ1) is 14.8. The SMILES string of the molecule is O=C1CCC(N2C(=O)c3c(F)ccc(CBr)c3C2=O)C(=O)N1. The summed E-state index contributed by atoms with van der Waals surface area (Å²) in [5, 5.41) is 2.37. The van der Waals surface area contributed by atoms with E-state index in [1.807, 2.05) is 0 Å². The van der Waals surface area contributed by atoms with Gasteiger partial charge in [-0.1, -0.05) is 22.0 Å². The van der Waals surface area contributed by atoms with E-state index in [4.69, 9.17) is 0 Å². The third kappa shape index (κ3) is 2.06. The van der Waals surface area contributed by atoms with Crippen LogP contribution in [0.5, 0.6) is 0 Å². The quantitative estimate of drug-likeness (QED) is 0.626. The number of hydrogen-bond donors (Lipinski definition) is 1. The van der Waals surface area contributed by atoms with E-state index in [9.17, 15) is 23.6 Å². The molecule has 6 nitrogen and oxygen atoms in total. The Hall–Kier alpha value is -2.09. The fourth-order valence-corrected chi connectivity index (χ4v) is 3.20. The zero-order chi connectivity index (χ0) is 16.0. The highest BCUT2D eigenvalue weighted by molar-refractivity contribution is 9.08. The summed E-state index contributed by atoms with van der Waals surface area (Å²) in [5.74, 6) is -3.51. The predicted octanol–water partition coefficient (Wildman–Crippen LogP) is 1.12. The van der Waals surface area contributed by atoms with Crippen molar-refractivity contribution in [2.75, 3.05) is 0 Å². The van der Waals surface area contributed by atoms with E-state index in [1.165, 1.54) is 6.07 Å². The van der Waals surface area contributed by atoms with Gasteiger partial charge in [0.25, 0.3) is 11.8 Å². The fraction of sp³-hybridized carbons (Fsp3) is 0.286. The third-order valence-corrected chi connectivity index (χ3v) is 4.38. The highest BCUT2D eigenvalue weighted by atomic mass is 79.9. The van der Waals surface area contributed by atoms with Crippen molar-refractivity contribution in [1.82, 2.24) is 10.2 Å². The molecule has 0 aromatic heterocycles. The third-order valence-electron chi connectivity index (χ3n) is 3.77. The maximum atomic E-state index is 14.0. The van der Waals surface area contributed by atoms with Crippen LogP contribution in [0.1, 0.15) is 39.1 Å². The molecule has 0 bridgehead atoms. The van der Waals surface area contributed by atoms with Crippen molar-refractivity contribution in [2.45, 2.75) is 24.2 Å². The molecule has 1 unspecified atom stereocenters. The molecule has 1 aromatic rings. The van der Waals surface area contributed by atoms with Crippen molar-refractivity contribution in [3.8, 4) is 0 Å². The Balaban J connectivity index is 2.05. The second kappa shape index (κ2) is 5.28. The molecule has 0 aliphatic carbocycles. The monoisotopic (exact) mass is 368 g/mol. The maximum Gasteiger partial charge on any atom is 0.265 e. The minimum atomic E-state index is -1.09.